The second-order valence-electron chi connectivity index (χ2n) is 8.05. The van der Waals surface area contributed by atoms with Crippen molar-refractivity contribution in [2.45, 2.75) is 45.5 Å². The zero-order chi connectivity index (χ0) is 24.5. The van der Waals surface area contributed by atoms with Crippen molar-refractivity contribution >= 4 is 23.4 Å². The molecule has 0 aliphatic rings. The number of nitrogens with zero attached hydrogens (tertiary/aromatic N) is 3. The number of methoxy groups -OCH3 is 1. The molecule has 2 aromatic carbocycles. The number of amides is 1. The number of carbonyl (C=O) groups excluding carboxylic acids is 1. The van der Waals surface area contributed by atoms with Gasteiger partial charge in [0, 0.05) is 12.6 Å². The number of ether oxygens (including phenoxy) is 3. The van der Waals surface area contributed by atoms with Gasteiger partial charge in [0.05, 0.1) is 25.2 Å². The maximum absolute atomic E-state index is 12.6. The fourth-order valence-corrected chi connectivity index (χ4v) is 4.10. The predicted molar refractivity (Wildman–Crippen MR) is 134 cm³/mol. The van der Waals surface area contributed by atoms with Gasteiger partial charge in [-0.25, -0.2) is 0 Å². The van der Waals surface area contributed by atoms with Crippen LogP contribution in [0, 0.1) is 5.92 Å². The summed E-state index contributed by atoms with van der Waals surface area (Å²) in [7, 11) is 1.62. The molecule has 34 heavy (non-hydrogen) atoms. The molecule has 0 saturated carbocycles. The van der Waals surface area contributed by atoms with Gasteiger partial charge in [-0.05, 0) is 44.0 Å². The Kier molecular flexibility index (Phi) is 9.21. The SMILES string of the molecule is CCOc1ccccc1NC(=O)CSc1nnc(C(C)Oc2cccc(OC)c2)n1CC(C)C. The Morgan fingerprint density at radius 2 is 1.85 bits per heavy atom. The number of hydrogen-bond acceptors (Lipinski definition) is 7. The standard InChI is InChI=1S/C25H32N4O4S/c1-6-32-22-13-8-7-12-21(22)26-23(30)16-34-25-28-27-24(29(25)15-17(2)3)18(4)33-20-11-9-10-19(14-20)31-5/h7-14,17-18H,6,15-16H2,1-5H3,(H,26,30). The number of rotatable bonds is 12. The highest BCUT2D eigenvalue weighted by atomic mass is 32.2. The summed E-state index contributed by atoms with van der Waals surface area (Å²) in [6, 6.07) is 14.9. The van der Waals surface area contributed by atoms with Gasteiger partial charge >= 0.3 is 0 Å². The second kappa shape index (κ2) is 12.3. The van der Waals surface area contributed by atoms with Crippen molar-refractivity contribution in [2.24, 2.45) is 5.92 Å². The summed E-state index contributed by atoms with van der Waals surface area (Å²) in [5.74, 6) is 3.19. The Balaban J connectivity index is 1.70. The van der Waals surface area contributed by atoms with Crippen LogP contribution < -0.4 is 19.5 Å². The number of hydrogen-bond donors (Lipinski definition) is 1. The van der Waals surface area contributed by atoms with Crippen LogP contribution in [0.2, 0.25) is 0 Å². The summed E-state index contributed by atoms with van der Waals surface area (Å²) in [5, 5.41) is 12.3. The molecule has 1 amide bonds. The van der Waals surface area contributed by atoms with Crippen molar-refractivity contribution in [3.63, 3.8) is 0 Å². The summed E-state index contributed by atoms with van der Waals surface area (Å²) in [5.41, 5.74) is 0.652. The molecule has 3 rings (SSSR count). The first-order valence-corrected chi connectivity index (χ1v) is 12.3. The lowest BCUT2D eigenvalue weighted by Crippen LogP contribution is -2.17. The van der Waals surface area contributed by atoms with Crippen LogP contribution in [0.4, 0.5) is 5.69 Å². The van der Waals surface area contributed by atoms with Crippen molar-refractivity contribution in [1.82, 2.24) is 14.8 Å². The van der Waals surface area contributed by atoms with Gasteiger partial charge in [0.25, 0.3) is 0 Å². The van der Waals surface area contributed by atoms with Gasteiger partial charge in [0.2, 0.25) is 5.91 Å². The molecule has 0 aliphatic carbocycles. The summed E-state index contributed by atoms with van der Waals surface area (Å²) in [6.07, 6.45) is -0.334. The lowest BCUT2D eigenvalue weighted by atomic mass is 10.2. The predicted octanol–water partition coefficient (Wildman–Crippen LogP) is 5.21. The van der Waals surface area contributed by atoms with E-state index in [0.717, 1.165) is 5.75 Å². The van der Waals surface area contributed by atoms with E-state index in [-0.39, 0.29) is 17.8 Å². The number of benzene rings is 2. The number of aromatic nitrogens is 3. The molecule has 0 saturated heterocycles. The molecule has 182 valence electrons. The first-order chi connectivity index (χ1) is 16.4. The molecule has 0 bridgehead atoms. The minimum absolute atomic E-state index is 0.140. The molecular weight excluding hydrogens is 452 g/mol. The quantitative estimate of drug-likeness (QED) is 0.353. The lowest BCUT2D eigenvalue weighted by molar-refractivity contribution is -0.113. The molecule has 3 aromatic rings. The Labute approximate surface area is 205 Å². The third-order valence-corrected chi connectivity index (χ3v) is 5.77. The minimum atomic E-state index is -0.334. The van der Waals surface area contributed by atoms with Gasteiger partial charge in [-0.15, -0.1) is 10.2 Å². The molecule has 1 aromatic heterocycles. The lowest BCUT2D eigenvalue weighted by Gasteiger charge is -2.18. The fourth-order valence-electron chi connectivity index (χ4n) is 3.34. The van der Waals surface area contributed by atoms with Gasteiger partial charge in [0.1, 0.15) is 17.2 Å². The molecule has 1 unspecified atom stereocenters. The van der Waals surface area contributed by atoms with Crippen LogP contribution >= 0.6 is 11.8 Å². The highest BCUT2D eigenvalue weighted by Crippen LogP contribution is 2.28. The summed E-state index contributed by atoms with van der Waals surface area (Å²) >= 11 is 1.35. The van der Waals surface area contributed by atoms with E-state index in [0.29, 0.717) is 47.2 Å². The van der Waals surface area contributed by atoms with Gasteiger partial charge < -0.3 is 24.1 Å². The number of nitrogens with one attached hydrogen (secondary N) is 1. The van der Waals surface area contributed by atoms with E-state index in [1.165, 1.54) is 11.8 Å². The molecule has 0 radical (unpaired) electrons. The van der Waals surface area contributed by atoms with Crippen LogP contribution in [-0.2, 0) is 11.3 Å². The van der Waals surface area contributed by atoms with E-state index in [2.05, 4.69) is 29.4 Å². The third-order valence-electron chi connectivity index (χ3n) is 4.80. The van der Waals surface area contributed by atoms with E-state index in [9.17, 15) is 4.79 Å². The van der Waals surface area contributed by atoms with Crippen molar-refractivity contribution in [3.8, 4) is 17.2 Å². The number of thioether (sulfide) groups is 1. The third kappa shape index (κ3) is 6.90. The highest BCUT2D eigenvalue weighted by molar-refractivity contribution is 7.99. The maximum Gasteiger partial charge on any atom is 0.234 e. The minimum Gasteiger partial charge on any atom is -0.497 e. The topological polar surface area (TPSA) is 87.5 Å². The highest BCUT2D eigenvalue weighted by Gasteiger charge is 2.21. The molecule has 8 nitrogen and oxygen atoms in total. The smallest absolute Gasteiger partial charge is 0.234 e. The Hall–Kier alpha value is -3.20. The average Bonchev–Trinajstić information content (AvgIpc) is 3.21. The first kappa shape index (κ1) is 25.4. The average molecular weight is 485 g/mol. The van der Waals surface area contributed by atoms with E-state index in [1.54, 1.807) is 7.11 Å². The van der Waals surface area contributed by atoms with Crippen molar-refractivity contribution < 1.29 is 19.0 Å². The molecule has 0 aliphatic heterocycles. The van der Waals surface area contributed by atoms with Crippen LogP contribution in [0.15, 0.2) is 53.7 Å². The van der Waals surface area contributed by atoms with Gasteiger partial charge in [-0.2, -0.15) is 0 Å². The number of anilines is 1. The van der Waals surface area contributed by atoms with Crippen molar-refractivity contribution in [3.05, 3.63) is 54.4 Å². The fraction of sp³-hybridized carbons (Fsp3) is 0.400. The summed E-state index contributed by atoms with van der Waals surface area (Å²) in [6.45, 7) is 9.34. The van der Waals surface area contributed by atoms with Gasteiger partial charge in [-0.3, -0.25) is 4.79 Å². The van der Waals surface area contributed by atoms with Crippen LogP contribution in [0.1, 0.15) is 39.6 Å². The Morgan fingerprint density at radius 1 is 1.09 bits per heavy atom. The first-order valence-electron chi connectivity index (χ1n) is 11.3. The van der Waals surface area contributed by atoms with Crippen LogP contribution in [0.5, 0.6) is 17.2 Å². The summed E-state index contributed by atoms with van der Waals surface area (Å²) in [4.78, 5) is 12.6. The van der Waals surface area contributed by atoms with E-state index in [4.69, 9.17) is 14.2 Å². The van der Waals surface area contributed by atoms with E-state index >= 15 is 0 Å². The second-order valence-corrected chi connectivity index (χ2v) is 8.99. The molecule has 0 spiro atoms. The number of carbonyl (C=O) groups is 1. The van der Waals surface area contributed by atoms with Gasteiger partial charge in [0.15, 0.2) is 17.1 Å². The Morgan fingerprint density at radius 3 is 2.59 bits per heavy atom. The molecule has 9 heteroatoms. The van der Waals surface area contributed by atoms with Crippen LogP contribution in [-0.4, -0.2) is 40.1 Å². The monoisotopic (exact) mass is 484 g/mol. The maximum atomic E-state index is 12.6. The van der Waals surface area contributed by atoms with E-state index in [1.807, 2.05) is 66.9 Å². The number of para-hydroxylation sites is 2. The molecule has 1 heterocycles. The molecule has 0 fully saturated rings. The largest absolute Gasteiger partial charge is 0.497 e. The normalized spacial score (nSPS) is 11.8. The Bertz CT molecular complexity index is 1090. The molecular formula is C25H32N4O4S. The van der Waals surface area contributed by atoms with E-state index < -0.39 is 0 Å². The van der Waals surface area contributed by atoms with Crippen molar-refractivity contribution in [1.29, 1.82) is 0 Å². The zero-order valence-corrected chi connectivity index (χ0v) is 21.1. The summed E-state index contributed by atoms with van der Waals surface area (Å²) < 4.78 is 19.0. The molecule has 1 N–H and O–H groups in total. The van der Waals surface area contributed by atoms with Gasteiger partial charge in [-0.1, -0.05) is 43.8 Å². The van der Waals surface area contributed by atoms with Crippen molar-refractivity contribution in [2.75, 3.05) is 24.8 Å². The van der Waals surface area contributed by atoms with Crippen LogP contribution in [0.25, 0.3) is 0 Å². The zero-order valence-electron chi connectivity index (χ0n) is 20.3. The molecule has 1 atom stereocenters. The van der Waals surface area contributed by atoms with Crippen LogP contribution in [0.3, 0.4) is 0 Å².